The first-order valence-corrected chi connectivity index (χ1v) is 10.1. The molecular weight excluding hydrogens is 350 g/mol. The minimum absolute atomic E-state index is 0.0761. The summed E-state index contributed by atoms with van der Waals surface area (Å²) in [6.07, 6.45) is 5.39. The molecule has 0 bridgehead atoms. The highest BCUT2D eigenvalue weighted by atomic mass is 32.1. The number of aromatic nitrogens is 3. The molecule has 2 aliphatic heterocycles. The minimum atomic E-state index is -0.217. The van der Waals surface area contributed by atoms with Gasteiger partial charge in [0.15, 0.2) is 0 Å². The number of nitrogens with zero attached hydrogens (tertiary/aromatic N) is 4. The van der Waals surface area contributed by atoms with Gasteiger partial charge in [0.05, 0.1) is 10.9 Å². The van der Waals surface area contributed by atoms with Crippen molar-refractivity contribution in [3.63, 3.8) is 0 Å². The first-order chi connectivity index (χ1) is 12.7. The molecule has 2 fully saturated rings. The third-order valence-corrected chi connectivity index (χ3v) is 6.85. The van der Waals surface area contributed by atoms with Crippen molar-refractivity contribution in [2.75, 3.05) is 13.1 Å². The predicted molar refractivity (Wildman–Crippen MR) is 95.5 cm³/mol. The van der Waals surface area contributed by atoms with Crippen LogP contribution in [0.2, 0.25) is 0 Å². The maximum absolute atomic E-state index is 12.7. The summed E-state index contributed by atoms with van der Waals surface area (Å²) in [5.41, 5.74) is -0.152. The van der Waals surface area contributed by atoms with Crippen molar-refractivity contribution < 1.29 is 9.59 Å². The molecule has 2 aromatic rings. The molecule has 1 saturated heterocycles. The molecule has 2 aromatic heterocycles. The van der Waals surface area contributed by atoms with Crippen LogP contribution < -0.4 is 5.32 Å². The third-order valence-electron chi connectivity index (χ3n) is 5.98. The largest absolute Gasteiger partial charge is 0.342 e. The molecule has 1 aliphatic carbocycles. The van der Waals surface area contributed by atoms with Crippen LogP contribution in [-0.4, -0.2) is 44.6 Å². The normalized spacial score (nSPS) is 27.5. The maximum atomic E-state index is 12.7. The van der Waals surface area contributed by atoms with Gasteiger partial charge in [0.25, 0.3) is 5.91 Å². The predicted octanol–water partition coefficient (Wildman–Crippen LogP) is 1.84. The Morgan fingerprint density at radius 3 is 2.88 bits per heavy atom. The molecule has 136 valence electrons. The van der Waals surface area contributed by atoms with Gasteiger partial charge in [0, 0.05) is 31.0 Å². The molecule has 5 rings (SSSR count). The van der Waals surface area contributed by atoms with Crippen molar-refractivity contribution in [2.45, 2.75) is 38.3 Å². The Hall–Kier alpha value is -2.22. The van der Waals surface area contributed by atoms with Crippen molar-refractivity contribution in [2.24, 2.45) is 11.3 Å². The topological polar surface area (TPSA) is 80.1 Å². The van der Waals surface area contributed by atoms with Crippen LogP contribution in [0.15, 0.2) is 23.8 Å². The summed E-state index contributed by atoms with van der Waals surface area (Å²) in [4.78, 5) is 32.4. The van der Waals surface area contributed by atoms with Gasteiger partial charge < -0.3 is 10.2 Å². The fourth-order valence-electron chi connectivity index (χ4n) is 4.36. The van der Waals surface area contributed by atoms with E-state index in [0.29, 0.717) is 11.4 Å². The number of amides is 2. The maximum Gasteiger partial charge on any atom is 0.261 e. The second-order valence-corrected chi connectivity index (χ2v) is 8.57. The quantitative estimate of drug-likeness (QED) is 0.893. The Kier molecular flexibility index (Phi) is 3.63. The van der Waals surface area contributed by atoms with Gasteiger partial charge in [-0.1, -0.05) is 6.07 Å². The van der Waals surface area contributed by atoms with E-state index in [0.717, 1.165) is 44.6 Å². The van der Waals surface area contributed by atoms with Gasteiger partial charge in [-0.15, -0.1) is 11.3 Å². The summed E-state index contributed by atoms with van der Waals surface area (Å²) in [7, 11) is 0. The second-order valence-electron chi connectivity index (χ2n) is 7.62. The Balaban J connectivity index is 1.44. The number of likely N-dealkylation sites (tertiary alicyclic amines) is 1. The van der Waals surface area contributed by atoms with Gasteiger partial charge in [-0.05, 0) is 37.1 Å². The number of nitrogens with one attached hydrogen (secondary N) is 1. The molecule has 2 amide bonds. The molecule has 0 unspecified atom stereocenters. The van der Waals surface area contributed by atoms with Crippen molar-refractivity contribution >= 4 is 23.2 Å². The summed E-state index contributed by atoms with van der Waals surface area (Å²) in [6, 6.07) is 3.49. The second kappa shape index (κ2) is 5.90. The average molecular weight is 371 g/mol. The minimum Gasteiger partial charge on any atom is -0.342 e. The van der Waals surface area contributed by atoms with E-state index in [9.17, 15) is 9.59 Å². The van der Waals surface area contributed by atoms with Crippen LogP contribution in [0.4, 0.5) is 0 Å². The molecule has 7 nitrogen and oxygen atoms in total. The molecule has 1 spiro atoms. The lowest BCUT2D eigenvalue weighted by Crippen LogP contribution is -2.48. The zero-order chi connectivity index (χ0) is 17.7. The number of carbonyl (C=O) groups is 2. The highest BCUT2D eigenvalue weighted by Crippen LogP contribution is 2.48. The van der Waals surface area contributed by atoms with Gasteiger partial charge >= 0.3 is 0 Å². The van der Waals surface area contributed by atoms with E-state index in [1.54, 1.807) is 6.33 Å². The van der Waals surface area contributed by atoms with Crippen LogP contribution in [0.5, 0.6) is 0 Å². The van der Waals surface area contributed by atoms with Gasteiger partial charge in [-0.3, -0.25) is 9.59 Å². The average Bonchev–Trinajstić information content (AvgIpc) is 3.08. The monoisotopic (exact) mass is 371 g/mol. The van der Waals surface area contributed by atoms with Crippen LogP contribution in [0.3, 0.4) is 0 Å². The van der Waals surface area contributed by atoms with Crippen LogP contribution in [0.1, 0.15) is 47.2 Å². The lowest BCUT2D eigenvalue weighted by atomic mass is 9.74. The molecular formula is C18H21N5O2S. The fourth-order valence-corrected chi connectivity index (χ4v) is 4.98. The highest BCUT2D eigenvalue weighted by Gasteiger charge is 2.51. The van der Waals surface area contributed by atoms with E-state index in [1.165, 1.54) is 11.3 Å². The number of hydrogen-bond acceptors (Lipinski definition) is 5. The molecule has 4 heterocycles. The van der Waals surface area contributed by atoms with Crippen LogP contribution in [-0.2, 0) is 11.3 Å². The Bertz CT molecular complexity index is 844. The van der Waals surface area contributed by atoms with Crippen LogP contribution in [0, 0.1) is 11.3 Å². The summed E-state index contributed by atoms with van der Waals surface area (Å²) < 4.78 is 1.88. The SMILES string of the molecule is O=C(N[C@H]1c2ncnn2CC[C@]12CCN(C(=O)C1CC1)C2)c1cccs1. The summed E-state index contributed by atoms with van der Waals surface area (Å²) in [5, 5.41) is 9.41. The Labute approximate surface area is 155 Å². The van der Waals surface area contributed by atoms with Gasteiger partial charge in [0.2, 0.25) is 5.91 Å². The first kappa shape index (κ1) is 16.0. The molecule has 1 N–H and O–H groups in total. The van der Waals surface area contributed by atoms with Crippen LogP contribution in [0.25, 0.3) is 0 Å². The molecule has 26 heavy (non-hydrogen) atoms. The summed E-state index contributed by atoms with van der Waals surface area (Å²) >= 11 is 1.43. The zero-order valence-corrected chi connectivity index (χ0v) is 15.2. The number of rotatable bonds is 3. The molecule has 1 saturated carbocycles. The van der Waals surface area contributed by atoms with Crippen LogP contribution >= 0.6 is 11.3 Å². The molecule has 3 aliphatic rings. The van der Waals surface area contributed by atoms with E-state index >= 15 is 0 Å². The van der Waals surface area contributed by atoms with E-state index in [4.69, 9.17) is 0 Å². The van der Waals surface area contributed by atoms with Gasteiger partial charge in [0.1, 0.15) is 12.2 Å². The lowest BCUT2D eigenvalue weighted by molar-refractivity contribution is -0.132. The summed E-state index contributed by atoms with van der Waals surface area (Å²) in [6.45, 7) is 2.26. The number of hydrogen-bond donors (Lipinski definition) is 1. The number of aryl methyl sites for hydroxylation is 1. The smallest absolute Gasteiger partial charge is 0.261 e. The highest BCUT2D eigenvalue weighted by molar-refractivity contribution is 7.12. The van der Waals surface area contributed by atoms with Crippen molar-refractivity contribution in [3.8, 4) is 0 Å². The number of fused-ring (bicyclic) bond motifs is 1. The zero-order valence-electron chi connectivity index (χ0n) is 14.4. The molecule has 2 atom stereocenters. The van der Waals surface area contributed by atoms with E-state index in [2.05, 4.69) is 15.4 Å². The number of thiophene rings is 1. The molecule has 0 aromatic carbocycles. The molecule has 8 heteroatoms. The Morgan fingerprint density at radius 1 is 1.27 bits per heavy atom. The van der Waals surface area contributed by atoms with E-state index in [-0.39, 0.29) is 29.2 Å². The fraction of sp³-hybridized carbons (Fsp3) is 0.556. The summed E-state index contributed by atoms with van der Waals surface area (Å²) in [5.74, 6) is 1.25. The Morgan fingerprint density at radius 2 is 2.12 bits per heavy atom. The van der Waals surface area contributed by atoms with Crippen molar-refractivity contribution in [1.82, 2.24) is 25.0 Å². The van der Waals surface area contributed by atoms with E-state index in [1.807, 2.05) is 27.1 Å². The standard InChI is InChI=1S/C18H21N5O2S/c24-16(13-2-1-9-26-13)21-14-15-19-11-20-23(15)8-6-18(14)5-7-22(10-18)17(25)12-3-4-12/h1-2,9,11-12,14H,3-8,10H2,(H,21,24)/t14-,18-/m0/s1. The van der Waals surface area contributed by atoms with Crippen molar-refractivity contribution in [3.05, 3.63) is 34.5 Å². The first-order valence-electron chi connectivity index (χ1n) is 9.17. The van der Waals surface area contributed by atoms with Gasteiger partial charge in [-0.25, -0.2) is 9.67 Å². The van der Waals surface area contributed by atoms with Gasteiger partial charge in [-0.2, -0.15) is 5.10 Å². The van der Waals surface area contributed by atoms with Crippen molar-refractivity contribution in [1.29, 1.82) is 0 Å². The number of carbonyl (C=O) groups excluding carboxylic acids is 2. The van der Waals surface area contributed by atoms with E-state index < -0.39 is 0 Å². The third kappa shape index (κ3) is 2.55. The lowest BCUT2D eigenvalue weighted by Gasteiger charge is -2.40. The molecule has 0 radical (unpaired) electrons.